The lowest BCUT2D eigenvalue weighted by Gasteiger charge is -2.48. The van der Waals surface area contributed by atoms with E-state index in [-0.39, 0.29) is 23.4 Å². The number of fused-ring (bicyclic) bond motifs is 2. The van der Waals surface area contributed by atoms with Crippen molar-refractivity contribution < 1.29 is 13.2 Å². The molecular formula is C22H35F3N4. The maximum Gasteiger partial charge on any atom is 0.132 e. The molecule has 29 heavy (non-hydrogen) atoms. The summed E-state index contributed by atoms with van der Waals surface area (Å²) >= 11 is 0. The Hall–Kier alpha value is -1.15. The number of hydrogen-bond acceptors (Lipinski definition) is 4. The highest BCUT2D eigenvalue weighted by Gasteiger charge is 2.38. The van der Waals surface area contributed by atoms with E-state index in [9.17, 15) is 13.2 Å². The monoisotopic (exact) mass is 412 g/mol. The van der Waals surface area contributed by atoms with Crippen LogP contribution in [0.5, 0.6) is 0 Å². The number of nitrogens with one attached hydrogen (secondary N) is 3. The molecule has 0 aliphatic carbocycles. The Balaban J connectivity index is 1.82. The van der Waals surface area contributed by atoms with Crippen molar-refractivity contribution in [3.63, 3.8) is 0 Å². The smallest absolute Gasteiger partial charge is 0.132 e. The zero-order chi connectivity index (χ0) is 20.9. The normalized spacial score (nSPS) is 29.2. The quantitative estimate of drug-likeness (QED) is 0.699. The molecule has 0 amide bonds. The molecule has 0 saturated carbocycles. The summed E-state index contributed by atoms with van der Waals surface area (Å²) in [4.78, 5) is 2.47. The fourth-order valence-electron chi connectivity index (χ4n) is 4.71. The van der Waals surface area contributed by atoms with E-state index in [2.05, 4.69) is 34.7 Å². The minimum Gasteiger partial charge on any atom is -0.315 e. The summed E-state index contributed by atoms with van der Waals surface area (Å²) in [6, 6.07) is 2.02. The summed E-state index contributed by atoms with van der Waals surface area (Å²) in [5.74, 6) is -2.40. The molecule has 3 rings (SSSR count). The summed E-state index contributed by atoms with van der Waals surface area (Å²) in [6.45, 7) is 10.7. The second-order valence-electron chi connectivity index (χ2n) is 8.93. The Bertz CT molecular complexity index is 644. The second kappa shape index (κ2) is 10.2. The molecule has 2 aliphatic heterocycles. The van der Waals surface area contributed by atoms with Gasteiger partial charge in [-0.3, -0.25) is 4.90 Å². The fourth-order valence-corrected chi connectivity index (χ4v) is 4.71. The van der Waals surface area contributed by atoms with E-state index >= 15 is 0 Å². The average Bonchev–Trinajstić information content (AvgIpc) is 2.67. The first-order chi connectivity index (χ1) is 13.9. The van der Waals surface area contributed by atoms with Crippen molar-refractivity contribution >= 4 is 0 Å². The third-order valence-corrected chi connectivity index (χ3v) is 6.67. The van der Waals surface area contributed by atoms with E-state index in [4.69, 9.17) is 0 Å². The van der Waals surface area contributed by atoms with E-state index in [1.807, 2.05) is 0 Å². The Morgan fingerprint density at radius 3 is 2.34 bits per heavy atom. The van der Waals surface area contributed by atoms with E-state index in [0.29, 0.717) is 6.04 Å². The first kappa shape index (κ1) is 22.5. The van der Waals surface area contributed by atoms with Gasteiger partial charge in [0.25, 0.3) is 0 Å². The van der Waals surface area contributed by atoms with E-state index in [1.165, 1.54) is 0 Å². The molecule has 0 radical (unpaired) electrons. The van der Waals surface area contributed by atoms with Gasteiger partial charge in [-0.15, -0.1) is 0 Å². The molecule has 2 saturated heterocycles. The molecule has 3 unspecified atom stereocenters. The van der Waals surface area contributed by atoms with Gasteiger partial charge in [0.2, 0.25) is 0 Å². The number of rotatable bonds is 2. The van der Waals surface area contributed by atoms with Crippen molar-refractivity contribution in [2.24, 2.45) is 5.92 Å². The van der Waals surface area contributed by atoms with Crippen LogP contribution in [-0.2, 0) is 6.42 Å². The molecule has 2 aliphatic rings. The Kier molecular flexibility index (Phi) is 7.96. The third kappa shape index (κ3) is 5.94. The Morgan fingerprint density at radius 2 is 1.62 bits per heavy atom. The summed E-state index contributed by atoms with van der Waals surface area (Å²) in [6.07, 6.45) is 3.33. The first-order valence-electron chi connectivity index (χ1n) is 10.9. The van der Waals surface area contributed by atoms with Crippen molar-refractivity contribution in [3.05, 3.63) is 35.1 Å². The van der Waals surface area contributed by atoms with Gasteiger partial charge >= 0.3 is 0 Å². The number of halogens is 3. The minimum absolute atomic E-state index is 0.000979. The lowest BCUT2D eigenvalue weighted by Crippen LogP contribution is -2.58. The largest absolute Gasteiger partial charge is 0.315 e. The van der Waals surface area contributed by atoms with Crippen LogP contribution in [0.25, 0.3) is 0 Å². The molecule has 0 spiro atoms. The maximum absolute atomic E-state index is 14.4. The SMILES string of the molecule is CC1(C)C(Cc2c(F)cc(F)cc2F)CCNCCNCCNC2CCCN1C2. The number of benzene rings is 1. The maximum atomic E-state index is 14.4. The van der Waals surface area contributed by atoms with Gasteiger partial charge in [0.15, 0.2) is 0 Å². The van der Waals surface area contributed by atoms with Gasteiger partial charge in [-0.05, 0) is 58.5 Å². The Labute approximate surface area is 172 Å². The summed E-state index contributed by atoms with van der Waals surface area (Å²) in [7, 11) is 0. The van der Waals surface area contributed by atoms with Crippen LogP contribution in [0.1, 0.15) is 38.7 Å². The zero-order valence-corrected chi connectivity index (χ0v) is 17.7. The molecule has 2 fully saturated rings. The highest BCUT2D eigenvalue weighted by molar-refractivity contribution is 5.22. The number of nitrogens with zero attached hydrogens (tertiary/aromatic N) is 1. The minimum atomic E-state index is -0.867. The van der Waals surface area contributed by atoms with Crippen molar-refractivity contribution in [2.75, 3.05) is 45.8 Å². The van der Waals surface area contributed by atoms with Crippen LogP contribution in [0, 0.1) is 23.4 Å². The number of piperidine rings is 1. The molecule has 7 heteroatoms. The van der Waals surface area contributed by atoms with Crippen molar-refractivity contribution in [1.82, 2.24) is 20.9 Å². The van der Waals surface area contributed by atoms with Crippen LogP contribution >= 0.6 is 0 Å². The summed E-state index contributed by atoms with van der Waals surface area (Å²) in [5, 5.41) is 10.5. The molecule has 3 atom stereocenters. The van der Waals surface area contributed by atoms with Crippen molar-refractivity contribution in [1.29, 1.82) is 0 Å². The van der Waals surface area contributed by atoms with E-state index < -0.39 is 17.5 Å². The molecule has 2 heterocycles. The lowest BCUT2D eigenvalue weighted by atomic mass is 9.78. The van der Waals surface area contributed by atoms with Gasteiger partial charge in [0.1, 0.15) is 17.5 Å². The lowest BCUT2D eigenvalue weighted by molar-refractivity contribution is 0.0284. The fraction of sp³-hybridized carbons (Fsp3) is 0.727. The molecule has 1 aromatic rings. The van der Waals surface area contributed by atoms with E-state index in [0.717, 1.165) is 77.2 Å². The topological polar surface area (TPSA) is 39.3 Å². The molecule has 0 aromatic heterocycles. The summed E-state index contributed by atoms with van der Waals surface area (Å²) in [5.41, 5.74) is -0.226. The zero-order valence-electron chi connectivity index (χ0n) is 17.7. The van der Waals surface area contributed by atoms with Crippen molar-refractivity contribution in [2.45, 2.75) is 51.1 Å². The number of hydrogen-bond donors (Lipinski definition) is 3. The van der Waals surface area contributed by atoms with Gasteiger partial charge in [-0.2, -0.15) is 0 Å². The predicted molar refractivity (Wildman–Crippen MR) is 111 cm³/mol. The van der Waals surface area contributed by atoms with Crippen LogP contribution in [0.4, 0.5) is 13.2 Å². The molecule has 3 N–H and O–H groups in total. The molecule has 4 nitrogen and oxygen atoms in total. The predicted octanol–water partition coefficient (Wildman–Crippen LogP) is 2.68. The van der Waals surface area contributed by atoms with E-state index in [1.54, 1.807) is 0 Å². The van der Waals surface area contributed by atoms with Crippen LogP contribution in [0.15, 0.2) is 12.1 Å². The van der Waals surface area contributed by atoms with Crippen LogP contribution in [0.2, 0.25) is 0 Å². The van der Waals surface area contributed by atoms with Crippen LogP contribution in [0.3, 0.4) is 0 Å². The van der Waals surface area contributed by atoms with Gasteiger partial charge in [0.05, 0.1) is 0 Å². The highest BCUT2D eigenvalue weighted by Crippen LogP contribution is 2.34. The van der Waals surface area contributed by atoms with Crippen molar-refractivity contribution in [3.8, 4) is 0 Å². The standard InChI is InChI=1S/C22H35F3N4/c1-22(2)16(12-19-20(24)13-17(23)14-21(19)25)5-6-26-7-8-27-9-10-28-18-4-3-11-29(22)15-18/h13-14,16,18,26-28H,3-12,15H2,1-2H3. The van der Waals surface area contributed by atoms with Gasteiger partial charge in [-0.25, -0.2) is 13.2 Å². The van der Waals surface area contributed by atoms with Crippen LogP contribution < -0.4 is 16.0 Å². The van der Waals surface area contributed by atoms with Gasteiger partial charge in [0, 0.05) is 62.0 Å². The molecule has 164 valence electrons. The van der Waals surface area contributed by atoms with Gasteiger partial charge in [-0.1, -0.05) is 0 Å². The highest BCUT2D eigenvalue weighted by atomic mass is 19.1. The third-order valence-electron chi connectivity index (χ3n) is 6.67. The second-order valence-corrected chi connectivity index (χ2v) is 8.93. The van der Waals surface area contributed by atoms with Gasteiger partial charge < -0.3 is 16.0 Å². The van der Waals surface area contributed by atoms with Crippen LogP contribution in [-0.4, -0.2) is 62.3 Å². The molecule has 1 aromatic carbocycles. The molecule has 2 bridgehead atoms. The average molecular weight is 413 g/mol. The summed E-state index contributed by atoms with van der Waals surface area (Å²) < 4.78 is 42.1. The molecular weight excluding hydrogens is 377 g/mol. The Morgan fingerprint density at radius 1 is 0.966 bits per heavy atom. The first-order valence-corrected chi connectivity index (χ1v) is 10.9.